The number of hydrogen-bond acceptors (Lipinski definition) is 5. The molecule has 31 heavy (non-hydrogen) atoms. The van der Waals surface area contributed by atoms with Gasteiger partial charge < -0.3 is 5.32 Å². The van der Waals surface area contributed by atoms with E-state index in [0.29, 0.717) is 17.4 Å². The Hall–Kier alpha value is -3.06. The minimum atomic E-state index is -0.313. The minimum Gasteiger partial charge on any atom is -0.350 e. The Bertz CT molecular complexity index is 1100. The van der Waals surface area contributed by atoms with E-state index in [9.17, 15) is 9.59 Å². The molecular formula is C24H29N5O2. The van der Waals surface area contributed by atoms with E-state index >= 15 is 0 Å². The van der Waals surface area contributed by atoms with Crippen molar-refractivity contribution in [3.63, 3.8) is 0 Å². The van der Waals surface area contributed by atoms with Gasteiger partial charge in [-0.2, -0.15) is 0 Å². The molecule has 3 aromatic rings. The molecule has 1 aromatic heterocycles. The van der Waals surface area contributed by atoms with Crippen LogP contribution in [-0.2, 0) is 24.4 Å². The fourth-order valence-corrected chi connectivity index (χ4v) is 4.46. The summed E-state index contributed by atoms with van der Waals surface area (Å²) in [6, 6.07) is 15.3. The van der Waals surface area contributed by atoms with E-state index in [1.165, 1.54) is 12.0 Å². The normalized spacial score (nSPS) is 19.4. The molecule has 0 radical (unpaired) electrons. The lowest BCUT2D eigenvalue weighted by molar-refractivity contribution is -0.122. The highest BCUT2D eigenvalue weighted by Gasteiger charge is 2.21. The topological polar surface area (TPSA) is 80.1 Å². The molecule has 0 spiro atoms. The van der Waals surface area contributed by atoms with E-state index in [-0.39, 0.29) is 18.0 Å². The van der Waals surface area contributed by atoms with Crippen LogP contribution < -0.4 is 10.9 Å². The summed E-state index contributed by atoms with van der Waals surface area (Å²) in [5, 5.41) is 11.2. The molecule has 1 saturated heterocycles. The molecule has 1 aliphatic rings. The van der Waals surface area contributed by atoms with Gasteiger partial charge in [-0.1, -0.05) is 55.5 Å². The largest absolute Gasteiger partial charge is 0.350 e. The Kier molecular flexibility index (Phi) is 6.42. The molecule has 7 heteroatoms. The molecule has 0 bridgehead atoms. The van der Waals surface area contributed by atoms with E-state index in [1.54, 1.807) is 24.3 Å². The van der Waals surface area contributed by atoms with Crippen molar-refractivity contribution in [2.45, 2.75) is 39.9 Å². The summed E-state index contributed by atoms with van der Waals surface area (Å²) in [6.45, 7) is 8.17. The monoisotopic (exact) mass is 419 g/mol. The van der Waals surface area contributed by atoms with Gasteiger partial charge in [0.05, 0.1) is 5.39 Å². The van der Waals surface area contributed by atoms with Crippen LogP contribution in [0.1, 0.15) is 31.4 Å². The van der Waals surface area contributed by atoms with Gasteiger partial charge in [0.1, 0.15) is 12.1 Å². The zero-order chi connectivity index (χ0) is 21.8. The molecule has 1 N–H and O–H groups in total. The second-order valence-electron chi connectivity index (χ2n) is 8.80. The highest BCUT2D eigenvalue weighted by atomic mass is 16.2. The molecule has 2 aromatic carbocycles. The Balaban J connectivity index is 1.31. The first-order chi connectivity index (χ1) is 15.0. The summed E-state index contributed by atoms with van der Waals surface area (Å²) >= 11 is 0. The molecule has 7 nitrogen and oxygen atoms in total. The number of fused-ring (bicyclic) bond motifs is 1. The maximum absolute atomic E-state index is 12.5. The highest BCUT2D eigenvalue weighted by Crippen LogP contribution is 2.22. The van der Waals surface area contributed by atoms with Crippen molar-refractivity contribution in [2.24, 2.45) is 11.8 Å². The SMILES string of the molecule is CC1CC(C)CN(Cc2ccc(CNC(=O)Cn3nnc4ccccc4c3=O)cc2)C1. The predicted octanol–water partition coefficient (Wildman–Crippen LogP) is 2.59. The van der Waals surface area contributed by atoms with Gasteiger partial charge in [0, 0.05) is 26.2 Å². The summed E-state index contributed by atoms with van der Waals surface area (Å²) < 4.78 is 1.10. The number of nitrogens with zero attached hydrogens (tertiary/aromatic N) is 4. The summed E-state index contributed by atoms with van der Waals surface area (Å²) in [7, 11) is 0. The molecule has 4 rings (SSSR count). The number of benzene rings is 2. The van der Waals surface area contributed by atoms with Crippen molar-refractivity contribution in [3.05, 3.63) is 70.0 Å². The zero-order valence-corrected chi connectivity index (χ0v) is 18.1. The van der Waals surface area contributed by atoms with Crippen molar-refractivity contribution >= 4 is 16.8 Å². The van der Waals surface area contributed by atoms with Crippen molar-refractivity contribution in [1.82, 2.24) is 25.2 Å². The van der Waals surface area contributed by atoms with Gasteiger partial charge in [-0.3, -0.25) is 14.5 Å². The van der Waals surface area contributed by atoms with E-state index in [2.05, 4.69) is 58.6 Å². The fraction of sp³-hybridized carbons (Fsp3) is 0.417. The Morgan fingerprint density at radius 2 is 1.71 bits per heavy atom. The predicted molar refractivity (Wildman–Crippen MR) is 120 cm³/mol. The zero-order valence-electron chi connectivity index (χ0n) is 18.1. The van der Waals surface area contributed by atoms with Crippen LogP contribution in [0.25, 0.3) is 10.9 Å². The van der Waals surface area contributed by atoms with E-state index in [1.807, 2.05) is 0 Å². The van der Waals surface area contributed by atoms with Crippen molar-refractivity contribution in [2.75, 3.05) is 13.1 Å². The van der Waals surface area contributed by atoms with Crippen LogP contribution >= 0.6 is 0 Å². The molecule has 1 fully saturated rings. The molecule has 1 aliphatic heterocycles. The summed E-state index contributed by atoms with van der Waals surface area (Å²) in [6.07, 6.45) is 1.31. The second kappa shape index (κ2) is 9.39. The molecule has 2 heterocycles. The molecule has 0 saturated carbocycles. The van der Waals surface area contributed by atoms with Crippen molar-refractivity contribution < 1.29 is 4.79 Å². The van der Waals surface area contributed by atoms with Crippen LogP contribution in [0.3, 0.4) is 0 Å². The number of carbonyl (C=O) groups excluding carboxylic acids is 1. The molecule has 162 valence electrons. The summed E-state index contributed by atoms with van der Waals surface area (Å²) in [5.74, 6) is 1.23. The highest BCUT2D eigenvalue weighted by molar-refractivity contribution is 5.78. The van der Waals surface area contributed by atoms with Gasteiger partial charge >= 0.3 is 0 Å². The Morgan fingerprint density at radius 1 is 1.03 bits per heavy atom. The van der Waals surface area contributed by atoms with Gasteiger partial charge in [-0.25, -0.2) is 4.68 Å². The summed E-state index contributed by atoms with van der Waals surface area (Å²) in [4.78, 5) is 27.3. The number of likely N-dealkylation sites (tertiary alicyclic amines) is 1. The lowest BCUT2D eigenvalue weighted by Crippen LogP contribution is -2.38. The van der Waals surface area contributed by atoms with Crippen LogP contribution in [0.4, 0.5) is 0 Å². The number of nitrogens with one attached hydrogen (secondary N) is 1. The van der Waals surface area contributed by atoms with Gasteiger partial charge in [-0.05, 0) is 41.5 Å². The third-order valence-electron chi connectivity index (χ3n) is 5.79. The van der Waals surface area contributed by atoms with Crippen LogP contribution in [0.15, 0.2) is 53.3 Å². The first-order valence-electron chi connectivity index (χ1n) is 10.9. The average molecular weight is 420 g/mol. The van der Waals surface area contributed by atoms with Crippen LogP contribution in [-0.4, -0.2) is 38.9 Å². The second-order valence-corrected chi connectivity index (χ2v) is 8.80. The van der Waals surface area contributed by atoms with Gasteiger partial charge in [-0.15, -0.1) is 5.10 Å². The Morgan fingerprint density at radius 3 is 2.45 bits per heavy atom. The van der Waals surface area contributed by atoms with Crippen LogP contribution in [0, 0.1) is 11.8 Å². The molecular weight excluding hydrogens is 390 g/mol. The Labute approximate surface area is 182 Å². The number of carbonyl (C=O) groups is 1. The van der Waals surface area contributed by atoms with E-state index in [4.69, 9.17) is 0 Å². The molecule has 0 aliphatic carbocycles. The number of aromatic nitrogens is 3. The third kappa shape index (κ3) is 5.35. The van der Waals surface area contributed by atoms with E-state index in [0.717, 1.165) is 41.7 Å². The third-order valence-corrected chi connectivity index (χ3v) is 5.79. The van der Waals surface area contributed by atoms with Crippen molar-refractivity contribution in [3.8, 4) is 0 Å². The number of rotatable bonds is 6. The maximum atomic E-state index is 12.5. The van der Waals surface area contributed by atoms with Gasteiger partial charge in [0.2, 0.25) is 5.91 Å². The standard InChI is InChI=1S/C24H29N5O2/c1-17-11-18(2)14-28(13-17)15-20-9-7-19(8-10-20)12-25-23(30)16-29-24(31)21-5-3-4-6-22(21)26-27-29/h3-10,17-18H,11-16H2,1-2H3,(H,25,30). The first-order valence-corrected chi connectivity index (χ1v) is 10.9. The maximum Gasteiger partial charge on any atom is 0.278 e. The first kappa shape index (κ1) is 21.2. The fourth-order valence-electron chi connectivity index (χ4n) is 4.46. The lowest BCUT2D eigenvalue weighted by Gasteiger charge is -2.35. The van der Waals surface area contributed by atoms with E-state index < -0.39 is 0 Å². The average Bonchev–Trinajstić information content (AvgIpc) is 2.75. The molecule has 1 amide bonds. The number of amides is 1. The van der Waals surface area contributed by atoms with Crippen LogP contribution in [0.5, 0.6) is 0 Å². The quantitative estimate of drug-likeness (QED) is 0.664. The smallest absolute Gasteiger partial charge is 0.278 e. The lowest BCUT2D eigenvalue weighted by atomic mass is 9.91. The minimum absolute atomic E-state index is 0.153. The number of hydrogen-bond donors (Lipinski definition) is 1. The number of piperidine rings is 1. The van der Waals surface area contributed by atoms with Gasteiger partial charge in [0.25, 0.3) is 5.56 Å². The molecule has 2 unspecified atom stereocenters. The molecule has 2 atom stereocenters. The summed E-state index contributed by atoms with van der Waals surface area (Å²) in [5.41, 5.74) is 2.52. The van der Waals surface area contributed by atoms with Crippen molar-refractivity contribution in [1.29, 1.82) is 0 Å². The van der Waals surface area contributed by atoms with Crippen LogP contribution in [0.2, 0.25) is 0 Å². The van der Waals surface area contributed by atoms with Gasteiger partial charge in [0.15, 0.2) is 0 Å².